The molecule has 0 rings (SSSR count). The van der Waals surface area contributed by atoms with Gasteiger partial charge in [0.1, 0.15) is 0 Å². The second kappa shape index (κ2) is 5.75. The molecule has 0 aromatic heterocycles. The molecule has 0 aliphatic heterocycles. The summed E-state index contributed by atoms with van der Waals surface area (Å²) < 4.78 is 5.76. The van der Waals surface area contributed by atoms with Crippen molar-refractivity contribution in [3.8, 4) is 0 Å². The van der Waals surface area contributed by atoms with Gasteiger partial charge in [-0.15, -0.1) is 0 Å². The molecule has 0 spiro atoms. The molecule has 88 valence electrons. The van der Waals surface area contributed by atoms with Crippen LogP contribution in [0.2, 0.25) is 0 Å². The van der Waals surface area contributed by atoms with Crippen LogP contribution in [0.25, 0.3) is 0 Å². The molecule has 2 nitrogen and oxygen atoms in total. The van der Waals surface area contributed by atoms with E-state index in [4.69, 9.17) is 4.31 Å². The fourth-order valence-electron chi connectivity index (χ4n) is 1.09. The Balaban J connectivity index is 3.61. The number of rotatable bonds is 7. The van der Waals surface area contributed by atoms with E-state index in [1.54, 1.807) is 0 Å². The maximum absolute atomic E-state index is 9.72. The van der Waals surface area contributed by atoms with E-state index in [9.17, 15) is 4.89 Å². The van der Waals surface area contributed by atoms with Crippen LogP contribution in [0, 0.1) is 0 Å². The molecule has 0 amide bonds. The van der Waals surface area contributed by atoms with Gasteiger partial charge in [-0.05, 0) is 0 Å². The molecular formula is C10H26O2P2. The Labute approximate surface area is 90.4 Å². The van der Waals surface area contributed by atoms with Crippen molar-refractivity contribution < 1.29 is 9.20 Å². The van der Waals surface area contributed by atoms with E-state index in [-0.39, 0.29) is 0 Å². The first-order chi connectivity index (χ1) is 6.21. The Kier molecular flexibility index (Phi) is 6.07. The van der Waals surface area contributed by atoms with Crippen LogP contribution in [0.5, 0.6) is 0 Å². The minimum atomic E-state index is -1.97. The molecule has 0 bridgehead atoms. The average molecular weight is 240 g/mol. The molecule has 0 radical (unpaired) electrons. The van der Waals surface area contributed by atoms with E-state index in [2.05, 4.69) is 33.6 Å². The summed E-state index contributed by atoms with van der Waals surface area (Å²) in [7, 11) is -1.18. The van der Waals surface area contributed by atoms with Crippen molar-refractivity contribution in [1.29, 1.82) is 0 Å². The van der Waals surface area contributed by atoms with Crippen LogP contribution >= 0.6 is 15.2 Å². The molecule has 0 heterocycles. The van der Waals surface area contributed by atoms with E-state index in [1.807, 2.05) is 0 Å². The molecule has 4 heteroatoms. The molecule has 0 aliphatic carbocycles. The fourth-order valence-corrected chi connectivity index (χ4v) is 4.93. The molecule has 0 aromatic rings. The van der Waals surface area contributed by atoms with Crippen LogP contribution in [0.3, 0.4) is 0 Å². The van der Waals surface area contributed by atoms with Crippen LogP contribution in [0.15, 0.2) is 0 Å². The van der Waals surface area contributed by atoms with Gasteiger partial charge in [-0.25, -0.2) is 0 Å². The summed E-state index contributed by atoms with van der Waals surface area (Å²) >= 11 is 0. The Morgan fingerprint density at radius 3 is 2.07 bits per heavy atom. The molecule has 0 aliphatic rings. The van der Waals surface area contributed by atoms with Gasteiger partial charge in [0.25, 0.3) is 0 Å². The van der Waals surface area contributed by atoms with Crippen molar-refractivity contribution in [2.24, 2.45) is 0 Å². The second-order valence-electron chi connectivity index (χ2n) is 5.63. The van der Waals surface area contributed by atoms with E-state index in [0.717, 1.165) is 12.6 Å². The van der Waals surface area contributed by atoms with E-state index < -0.39 is 15.2 Å². The van der Waals surface area contributed by atoms with Crippen LogP contribution in [0.4, 0.5) is 0 Å². The molecule has 1 atom stereocenters. The third-order valence-corrected chi connectivity index (χ3v) is 5.69. The van der Waals surface area contributed by atoms with Crippen molar-refractivity contribution in [1.82, 2.24) is 0 Å². The normalized spacial score (nSPS) is 17.4. The summed E-state index contributed by atoms with van der Waals surface area (Å²) in [5, 5.41) is 0. The molecule has 0 saturated heterocycles. The minimum absolute atomic E-state index is 0.844. The van der Waals surface area contributed by atoms with Crippen molar-refractivity contribution in [2.75, 3.05) is 32.8 Å². The van der Waals surface area contributed by atoms with Crippen LogP contribution in [-0.2, 0) is 4.31 Å². The molecule has 0 saturated carbocycles. The van der Waals surface area contributed by atoms with Gasteiger partial charge in [0.05, 0.1) is 0 Å². The van der Waals surface area contributed by atoms with Crippen molar-refractivity contribution in [2.45, 2.75) is 32.6 Å². The van der Waals surface area contributed by atoms with Gasteiger partial charge < -0.3 is 0 Å². The quantitative estimate of drug-likeness (QED) is 0.540. The van der Waals surface area contributed by atoms with Crippen LogP contribution < -0.4 is 0 Å². The average Bonchev–Trinajstić information content (AvgIpc) is 1.93. The summed E-state index contributed by atoms with van der Waals surface area (Å²) in [6.07, 6.45) is 5.67. The third kappa shape index (κ3) is 10.9. The van der Waals surface area contributed by atoms with Crippen molar-refractivity contribution in [3.05, 3.63) is 0 Å². The van der Waals surface area contributed by atoms with Gasteiger partial charge in [0.2, 0.25) is 0 Å². The fraction of sp³-hybridized carbons (Fsp3) is 1.00. The summed E-state index contributed by atoms with van der Waals surface area (Å²) in [5.74, 6) is 0. The first-order valence-corrected chi connectivity index (χ1v) is 10.7. The van der Waals surface area contributed by atoms with Gasteiger partial charge in [0.15, 0.2) is 0 Å². The monoisotopic (exact) mass is 240 g/mol. The van der Waals surface area contributed by atoms with Gasteiger partial charge in [-0.2, -0.15) is 0 Å². The van der Waals surface area contributed by atoms with Gasteiger partial charge in [-0.1, -0.05) is 0 Å². The summed E-state index contributed by atoms with van der Waals surface area (Å²) in [6, 6.07) is 0. The number of hydrogen-bond donors (Lipinski definition) is 1. The zero-order chi connectivity index (χ0) is 11.3. The molecular weight excluding hydrogens is 214 g/mol. The van der Waals surface area contributed by atoms with Crippen molar-refractivity contribution in [3.63, 3.8) is 0 Å². The predicted octanol–water partition coefficient (Wildman–Crippen LogP) is 3.88. The summed E-state index contributed by atoms with van der Waals surface area (Å²) in [6.45, 7) is 8.74. The van der Waals surface area contributed by atoms with Crippen LogP contribution in [-0.4, -0.2) is 37.7 Å². The Morgan fingerprint density at radius 1 is 1.07 bits per heavy atom. The standard InChI is InChI=1S/C10H26O2P2/c1-6-7-8-9-10-13(11)12-14(2,3,4)5/h11H,6-10H2,1-5H3. The first-order valence-electron chi connectivity index (χ1n) is 5.38. The number of hydrogen-bond acceptors (Lipinski definition) is 2. The zero-order valence-electron chi connectivity index (χ0n) is 10.3. The second-order valence-corrected chi connectivity index (χ2v) is 14.3. The molecule has 1 N–H and O–H groups in total. The Morgan fingerprint density at radius 2 is 1.64 bits per heavy atom. The molecule has 0 aromatic carbocycles. The van der Waals surface area contributed by atoms with E-state index >= 15 is 0 Å². The summed E-state index contributed by atoms with van der Waals surface area (Å²) in [5.41, 5.74) is 0. The Hall–Kier alpha value is 0.780. The zero-order valence-corrected chi connectivity index (χ0v) is 12.1. The van der Waals surface area contributed by atoms with Gasteiger partial charge >= 0.3 is 89.8 Å². The van der Waals surface area contributed by atoms with Crippen LogP contribution in [0.1, 0.15) is 32.6 Å². The molecule has 1 unspecified atom stereocenters. The first kappa shape index (κ1) is 14.8. The van der Waals surface area contributed by atoms with E-state index in [0.29, 0.717) is 0 Å². The third-order valence-electron chi connectivity index (χ3n) is 1.62. The predicted molar refractivity (Wildman–Crippen MR) is 69.8 cm³/mol. The van der Waals surface area contributed by atoms with Gasteiger partial charge in [0, 0.05) is 0 Å². The van der Waals surface area contributed by atoms with Crippen molar-refractivity contribution >= 4 is 15.2 Å². The SMILES string of the molecule is CCCCCCP(O)OP(C)(C)(C)C. The molecule has 14 heavy (non-hydrogen) atoms. The van der Waals surface area contributed by atoms with Gasteiger partial charge in [-0.3, -0.25) is 0 Å². The molecule has 0 fully saturated rings. The number of unbranched alkanes of at least 4 members (excludes halogenated alkanes) is 3. The van der Waals surface area contributed by atoms with E-state index in [1.165, 1.54) is 19.3 Å². The Bertz CT molecular complexity index is 154. The summed E-state index contributed by atoms with van der Waals surface area (Å²) in [4.78, 5) is 9.72. The topological polar surface area (TPSA) is 29.5 Å². The maximum atomic E-state index is 9.72.